The van der Waals surface area contributed by atoms with E-state index < -0.39 is 0 Å². The third-order valence-electron chi connectivity index (χ3n) is 12.5. The minimum atomic E-state index is -0.0249. The van der Waals surface area contributed by atoms with Crippen LogP contribution in [0.2, 0.25) is 0 Å². The fourth-order valence-corrected chi connectivity index (χ4v) is 9.35. The van der Waals surface area contributed by atoms with Crippen LogP contribution in [0, 0.1) is 0 Å². The predicted octanol–water partition coefficient (Wildman–Crippen LogP) is 14.4. The zero-order chi connectivity index (χ0) is 43.7. The van der Waals surface area contributed by atoms with E-state index >= 15 is 0 Å². The van der Waals surface area contributed by atoms with Crippen LogP contribution in [0.25, 0.3) is 0 Å². The molecule has 0 N–H and O–H groups in total. The lowest BCUT2D eigenvalue weighted by atomic mass is 9.79. The molecule has 3 unspecified atom stereocenters. The Morgan fingerprint density at radius 1 is 0.203 bits per heavy atom. The molecule has 0 aliphatic carbocycles. The van der Waals surface area contributed by atoms with Crippen LogP contribution in [0.4, 0.5) is 0 Å². The standard InChI is InChI=1S/C61H52O3/c1-62-55-25-13-22-52(40-55)59(43-16-7-4-8-17-43)49-34-28-46(29-35-49)58(47-30-36-50(37-31-47)60(44-18-9-5-10-19-44)53-23-14-26-56(41-53)63-2)48-32-38-51(39-33-48)61(45-20-11-6-12-21-45)54-24-15-27-57(42-54)64-3/h4-42,58-61H,1-3H3. The lowest BCUT2D eigenvalue weighted by molar-refractivity contribution is 0.414. The normalized spacial score (nSPS) is 13.0. The molecule has 3 nitrogen and oxygen atoms in total. The number of ether oxygens (including phenoxy) is 3. The van der Waals surface area contributed by atoms with Crippen molar-refractivity contribution >= 4 is 0 Å². The molecular formula is C61H52O3. The first kappa shape index (κ1) is 41.7. The maximum absolute atomic E-state index is 5.68. The first-order valence-electron chi connectivity index (χ1n) is 22.0. The quantitative estimate of drug-likeness (QED) is 0.0963. The molecule has 0 aromatic heterocycles. The predicted molar refractivity (Wildman–Crippen MR) is 261 cm³/mol. The van der Waals surface area contributed by atoms with Crippen molar-refractivity contribution in [3.63, 3.8) is 0 Å². The zero-order valence-electron chi connectivity index (χ0n) is 36.6. The van der Waals surface area contributed by atoms with Crippen LogP contribution in [0.3, 0.4) is 0 Å². The molecule has 0 amide bonds. The Balaban J connectivity index is 1.14. The average Bonchev–Trinajstić information content (AvgIpc) is 3.37. The second-order valence-corrected chi connectivity index (χ2v) is 16.3. The Bertz CT molecular complexity index is 2550. The molecule has 0 saturated heterocycles. The smallest absolute Gasteiger partial charge is 0.119 e. The van der Waals surface area contributed by atoms with E-state index in [4.69, 9.17) is 14.2 Å². The molecule has 0 aliphatic heterocycles. The van der Waals surface area contributed by atoms with Gasteiger partial charge in [-0.1, -0.05) is 200 Å². The summed E-state index contributed by atoms with van der Waals surface area (Å²) in [6.07, 6.45) is 0. The highest BCUT2D eigenvalue weighted by Crippen LogP contribution is 2.41. The van der Waals surface area contributed by atoms with Gasteiger partial charge in [0.25, 0.3) is 0 Å². The largest absolute Gasteiger partial charge is 0.497 e. The van der Waals surface area contributed by atoms with Crippen molar-refractivity contribution in [3.05, 3.63) is 303 Å². The molecule has 0 spiro atoms. The van der Waals surface area contributed by atoms with Gasteiger partial charge in [0.2, 0.25) is 0 Å². The van der Waals surface area contributed by atoms with E-state index in [1.54, 1.807) is 21.3 Å². The second-order valence-electron chi connectivity index (χ2n) is 16.3. The maximum atomic E-state index is 5.68. The number of hydrogen-bond donors (Lipinski definition) is 0. The molecule has 0 saturated carbocycles. The molecule has 3 atom stereocenters. The summed E-state index contributed by atoms with van der Waals surface area (Å²) in [5.41, 5.74) is 14.6. The summed E-state index contributed by atoms with van der Waals surface area (Å²) in [6, 6.07) is 85.3. The molecular weight excluding hydrogens is 781 g/mol. The summed E-state index contributed by atoms with van der Waals surface area (Å²) in [7, 11) is 5.18. The average molecular weight is 833 g/mol. The summed E-state index contributed by atoms with van der Waals surface area (Å²) in [5.74, 6) is 2.65. The zero-order valence-corrected chi connectivity index (χ0v) is 36.6. The minimum Gasteiger partial charge on any atom is -0.497 e. The molecule has 9 aromatic carbocycles. The van der Waals surface area contributed by atoms with Crippen molar-refractivity contribution in [1.29, 1.82) is 0 Å². The Hall–Kier alpha value is -7.62. The van der Waals surface area contributed by atoms with E-state index in [2.05, 4.69) is 218 Å². The van der Waals surface area contributed by atoms with E-state index in [9.17, 15) is 0 Å². The van der Waals surface area contributed by atoms with Crippen molar-refractivity contribution in [2.45, 2.75) is 23.7 Å². The molecule has 0 heterocycles. The first-order chi connectivity index (χ1) is 31.6. The summed E-state index contributed by atoms with van der Waals surface area (Å²) >= 11 is 0. The van der Waals surface area contributed by atoms with Gasteiger partial charge in [-0.25, -0.2) is 0 Å². The summed E-state index contributed by atoms with van der Waals surface area (Å²) in [4.78, 5) is 0. The molecule has 0 radical (unpaired) electrons. The van der Waals surface area contributed by atoms with Crippen LogP contribution < -0.4 is 14.2 Å². The molecule has 64 heavy (non-hydrogen) atoms. The molecule has 0 bridgehead atoms. The van der Waals surface area contributed by atoms with Crippen molar-refractivity contribution in [2.75, 3.05) is 21.3 Å². The van der Waals surface area contributed by atoms with Gasteiger partial charge in [0.05, 0.1) is 21.3 Å². The van der Waals surface area contributed by atoms with Crippen LogP contribution in [-0.2, 0) is 0 Å². The molecule has 9 aromatic rings. The van der Waals surface area contributed by atoms with Crippen molar-refractivity contribution < 1.29 is 14.2 Å². The van der Waals surface area contributed by atoms with Gasteiger partial charge in [-0.15, -0.1) is 0 Å². The fraction of sp³-hybridized carbons (Fsp3) is 0.115. The molecule has 3 heteroatoms. The molecule has 314 valence electrons. The molecule has 0 aliphatic rings. The van der Waals surface area contributed by atoms with Gasteiger partial charge in [-0.3, -0.25) is 0 Å². The highest BCUT2D eigenvalue weighted by molar-refractivity contribution is 5.53. The van der Waals surface area contributed by atoms with E-state index in [-0.39, 0.29) is 23.7 Å². The minimum absolute atomic E-state index is 0.0249. The van der Waals surface area contributed by atoms with Crippen molar-refractivity contribution in [1.82, 2.24) is 0 Å². The number of rotatable bonds is 15. The Morgan fingerprint density at radius 3 is 0.609 bits per heavy atom. The highest BCUT2D eigenvalue weighted by Gasteiger charge is 2.24. The Morgan fingerprint density at radius 2 is 0.391 bits per heavy atom. The SMILES string of the molecule is COc1cccc(C(c2ccccc2)c2ccc(C(c3ccc(C(c4ccccc4)c4cccc(OC)c4)cc3)c3ccc(C(c4ccccc4)c4cccc(OC)c4)cc3)cc2)c1. The van der Waals surface area contributed by atoms with E-state index in [1.807, 2.05) is 18.2 Å². The van der Waals surface area contributed by atoms with E-state index in [0.29, 0.717) is 0 Å². The number of hydrogen-bond acceptors (Lipinski definition) is 3. The summed E-state index contributed by atoms with van der Waals surface area (Å²) in [6.45, 7) is 0. The van der Waals surface area contributed by atoms with Crippen LogP contribution in [0.15, 0.2) is 237 Å². The van der Waals surface area contributed by atoms with Crippen molar-refractivity contribution in [3.8, 4) is 17.2 Å². The molecule has 0 fully saturated rings. The van der Waals surface area contributed by atoms with E-state index in [0.717, 1.165) is 17.2 Å². The van der Waals surface area contributed by atoms with Gasteiger partial charge in [0.15, 0.2) is 0 Å². The van der Waals surface area contributed by atoms with E-state index in [1.165, 1.54) is 66.8 Å². The van der Waals surface area contributed by atoms with Gasteiger partial charge in [-0.2, -0.15) is 0 Å². The third-order valence-corrected chi connectivity index (χ3v) is 12.5. The number of methoxy groups -OCH3 is 3. The number of benzene rings is 9. The van der Waals surface area contributed by atoms with Gasteiger partial charge in [0, 0.05) is 23.7 Å². The highest BCUT2D eigenvalue weighted by atomic mass is 16.5. The van der Waals surface area contributed by atoms with Gasteiger partial charge in [0.1, 0.15) is 17.2 Å². The van der Waals surface area contributed by atoms with Crippen molar-refractivity contribution in [2.24, 2.45) is 0 Å². The summed E-state index contributed by atoms with van der Waals surface area (Å²) in [5, 5.41) is 0. The van der Waals surface area contributed by atoms with Gasteiger partial charge >= 0.3 is 0 Å². The lowest BCUT2D eigenvalue weighted by Crippen LogP contribution is -2.08. The van der Waals surface area contributed by atoms with Crippen LogP contribution in [-0.4, -0.2) is 21.3 Å². The lowest BCUT2D eigenvalue weighted by Gasteiger charge is -2.24. The maximum Gasteiger partial charge on any atom is 0.119 e. The fourth-order valence-electron chi connectivity index (χ4n) is 9.35. The Labute approximate surface area is 378 Å². The monoisotopic (exact) mass is 832 g/mol. The molecule has 9 rings (SSSR count). The van der Waals surface area contributed by atoms with Crippen LogP contribution in [0.1, 0.15) is 90.4 Å². The van der Waals surface area contributed by atoms with Crippen LogP contribution in [0.5, 0.6) is 17.2 Å². The Kier molecular flexibility index (Phi) is 12.8. The topological polar surface area (TPSA) is 27.7 Å². The van der Waals surface area contributed by atoms with Crippen LogP contribution >= 0.6 is 0 Å². The second kappa shape index (κ2) is 19.6. The summed E-state index contributed by atoms with van der Waals surface area (Å²) < 4.78 is 17.0. The van der Waals surface area contributed by atoms with Gasteiger partial charge in [-0.05, 0) is 103 Å². The first-order valence-corrected chi connectivity index (χ1v) is 22.0. The third kappa shape index (κ3) is 9.12. The van der Waals surface area contributed by atoms with Gasteiger partial charge < -0.3 is 14.2 Å².